The van der Waals surface area contributed by atoms with Gasteiger partial charge in [0.25, 0.3) is 0 Å². The van der Waals surface area contributed by atoms with Gasteiger partial charge in [-0.1, -0.05) is 24.0 Å². The van der Waals surface area contributed by atoms with Crippen molar-refractivity contribution in [3.63, 3.8) is 0 Å². The van der Waals surface area contributed by atoms with Gasteiger partial charge in [-0.25, -0.2) is 0 Å². The summed E-state index contributed by atoms with van der Waals surface area (Å²) in [5.74, 6) is 8.14. The highest BCUT2D eigenvalue weighted by molar-refractivity contribution is 5.75. The summed E-state index contributed by atoms with van der Waals surface area (Å²) in [5, 5.41) is 0. The van der Waals surface area contributed by atoms with Crippen LogP contribution in [0.5, 0.6) is 0 Å². The van der Waals surface area contributed by atoms with Crippen molar-refractivity contribution in [2.75, 3.05) is 19.6 Å². The van der Waals surface area contributed by atoms with Gasteiger partial charge in [0.1, 0.15) is 6.29 Å². The van der Waals surface area contributed by atoms with E-state index in [1.54, 1.807) is 0 Å². The first-order valence-electron chi connectivity index (χ1n) is 7.73. The lowest BCUT2D eigenvalue weighted by Gasteiger charge is -2.42. The third-order valence-corrected chi connectivity index (χ3v) is 4.68. The summed E-state index contributed by atoms with van der Waals surface area (Å²) in [6.07, 6.45) is 6.10. The second-order valence-corrected chi connectivity index (χ2v) is 6.04. The molecule has 1 unspecified atom stereocenters. The van der Waals surface area contributed by atoms with Crippen molar-refractivity contribution in [1.82, 2.24) is 4.90 Å². The Hall–Kier alpha value is -1.85. The molecule has 2 bridgehead atoms. The van der Waals surface area contributed by atoms with Gasteiger partial charge >= 0.3 is 0 Å². The Bertz CT molecular complexity index is 600. The molecule has 2 nitrogen and oxygen atoms in total. The number of rotatable bonds is 3. The molecule has 0 amide bonds. The number of carbonyl (C=O) groups is 1. The molecule has 0 spiro atoms. The van der Waals surface area contributed by atoms with Crippen molar-refractivity contribution >= 4 is 6.29 Å². The zero-order valence-electron chi connectivity index (χ0n) is 12.3. The quantitative estimate of drug-likeness (QED) is 0.482. The van der Waals surface area contributed by atoms with Gasteiger partial charge in [0.15, 0.2) is 0 Å². The second-order valence-electron chi connectivity index (χ2n) is 6.04. The SMILES string of the molecule is C=CCc1cc(C=O)ccc1C#CC1CN2CCC1CC2. The molecule has 1 atom stereocenters. The van der Waals surface area contributed by atoms with Crippen molar-refractivity contribution in [3.05, 3.63) is 47.5 Å². The molecular formula is C19H21NO. The number of hydrogen-bond donors (Lipinski definition) is 0. The lowest BCUT2D eigenvalue weighted by atomic mass is 9.79. The molecule has 108 valence electrons. The largest absolute Gasteiger partial charge is 0.302 e. The van der Waals surface area contributed by atoms with Crippen LogP contribution in [0.15, 0.2) is 30.9 Å². The normalized spacial score (nSPS) is 26.8. The molecule has 0 aliphatic carbocycles. The molecule has 4 rings (SSSR count). The maximum Gasteiger partial charge on any atom is 0.150 e. The van der Waals surface area contributed by atoms with Crippen molar-refractivity contribution < 1.29 is 4.79 Å². The molecule has 3 aliphatic heterocycles. The molecule has 3 heterocycles. The number of benzene rings is 1. The van der Waals surface area contributed by atoms with E-state index in [0.29, 0.717) is 11.5 Å². The van der Waals surface area contributed by atoms with Gasteiger partial charge in [0.05, 0.1) is 0 Å². The van der Waals surface area contributed by atoms with Gasteiger partial charge in [-0.3, -0.25) is 4.79 Å². The molecular weight excluding hydrogens is 258 g/mol. The highest BCUT2D eigenvalue weighted by atomic mass is 16.1. The van der Waals surface area contributed by atoms with Crippen LogP contribution < -0.4 is 0 Å². The Morgan fingerprint density at radius 1 is 1.33 bits per heavy atom. The highest BCUT2D eigenvalue weighted by Crippen LogP contribution is 2.31. The fraction of sp³-hybridized carbons (Fsp3) is 0.421. The fourth-order valence-electron chi connectivity index (χ4n) is 3.43. The predicted octanol–water partition coefficient (Wildman–Crippen LogP) is 2.92. The average Bonchev–Trinajstić information content (AvgIpc) is 2.55. The molecule has 3 aliphatic rings. The first-order valence-corrected chi connectivity index (χ1v) is 7.73. The first-order chi connectivity index (χ1) is 10.3. The van der Waals surface area contributed by atoms with E-state index in [-0.39, 0.29) is 0 Å². The van der Waals surface area contributed by atoms with Gasteiger partial charge in [-0.2, -0.15) is 0 Å². The smallest absolute Gasteiger partial charge is 0.150 e. The van der Waals surface area contributed by atoms with Crippen LogP contribution in [0.2, 0.25) is 0 Å². The molecule has 0 aromatic heterocycles. The van der Waals surface area contributed by atoms with Crippen LogP contribution in [0.1, 0.15) is 34.3 Å². The van der Waals surface area contributed by atoms with E-state index in [1.165, 1.54) is 25.9 Å². The van der Waals surface area contributed by atoms with Gasteiger partial charge < -0.3 is 4.90 Å². The van der Waals surface area contributed by atoms with E-state index in [4.69, 9.17) is 0 Å². The standard InChI is InChI=1S/C19H21NO/c1-2-3-18-12-15(14-21)4-5-16(18)6-7-19-13-20-10-8-17(19)9-11-20/h2,4-5,12,14,17,19H,1,3,8-11,13H2. The topological polar surface area (TPSA) is 20.3 Å². The van der Waals surface area contributed by atoms with E-state index in [0.717, 1.165) is 36.3 Å². The molecule has 1 aromatic carbocycles. The summed E-state index contributed by atoms with van der Waals surface area (Å²) >= 11 is 0. The Morgan fingerprint density at radius 2 is 2.14 bits per heavy atom. The Kier molecular flexibility index (Phi) is 4.22. The summed E-state index contributed by atoms with van der Waals surface area (Å²) < 4.78 is 0. The van der Waals surface area contributed by atoms with E-state index in [1.807, 2.05) is 24.3 Å². The summed E-state index contributed by atoms with van der Waals surface area (Å²) in [6.45, 7) is 7.41. The van der Waals surface area contributed by atoms with Crippen LogP contribution >= 0.6 is 0 Å². The maximum absolute atomic E-state index is 10.9. The number of allylic oxidation sites excluding steroid dienone is 1. The zero-order valence-corrected chi connectivity index (χ0v) is 12.3. The summed E-state index contributed by atoms with van der Waals surface area (Å²) in [7, 11) is 0. The van der Waals surface area contributed by atoms with E-state index in [2.05, 4.69) is 23.3 Å². The number of fused-ring (bicyclic) bond motifs is 3. The van der Waals surface area contributed by atoms with Crippen LogP contribution in [0.3, 0.4) is 0 Å². The third kappa shape index (κ3) is 3.09. The molecule has 0 N–H and O–H groups in total. The number of nitrogens with zero attached hydrogens (tertiary/aromatic N) is 1. The predicted molar refractivity (Wildman–Crippen MR) is 85.3 cm³/mol. The number of aldehydes is 1. The molecule has 3 fully saturated rings. The van der Waals surface area contributed by atoms with Crippen LogP contribution in [0.25, 0.3) is 0 Å². The lowest BCUT2D eigenvalue weighted by Crippen LogP contribution is -2.46. The zero-order chi connectivity index (χ0) is 14.7. The second kappa shape index (κ2) is 6.28. The van der Waals surface area contributed by atoms with Crippen LogP contribution in [-0.2, 0) is 6.42 Å². The summed E-state index contributed by atoms with van der Waals surface area (Å²) in [4.78, 5) is 13.4. The van der Waals surface area contributed by atoms with Crippen LogP contribution in [0, 0.1) is 23.7 Å². The Labute approximate surface area is 126 Å². The molecule has 2 heteroatoms. The van der Waals surface area contributed by atoms with Gasteiger partial charge in [0, 0.05) is 23.6 Å². The van der Waals surface area contributed by atoms with Gasteiger partial charge in [-0.15, -0.1) is 6.58 Å². The van der Waals surface area contributed by atoms with Gasteiger partial charge in [-0.05, 0) is 56.0 Å². The number of hydrogen-bond acceptors (Lipinski definition) is 2. The molecule has 21 heavy (non-hydrogen) atoms. The maximum atomic E-state index is 10.9. The van der Waals surface area contributed by atoms with Crippen LogP contribution in [0.4, 0.5) is 0 Å². The van der Waals surface area contributed by atoms with Crippen molar-refractivity contribution in [2.24, 2.45) is 11.8 Å². The Balaban J connectivity index is 1.83. The minimum atomic E-state index is 0.509. The summed E-state index contributed by atoms with van der Waals surface area (Å²) in [5.41, 5.74) is 2.85. The van der Waals surface area contributed by atoms with E-state index in [9.17, 15) is 4.79 Å². The van der Waals surface area contributed by atoms with Crippen molar-refractivity contribution in [2.45, 2.75) is 19.3 Å². The van der Waals surface area contributed by atoms with E-state index >= 15 is 0 Å². The average molecular weight is 279 g/mol. The molecule has 0 saturated carbocycles. The monoisotopic (exact) mass is 279 g/mol. The minimum Gasteiger partial charge on any atom is -0.302 e. The Morgan fingerprint density at radius 3 is 2.76 bits per heavy atom. The summed E-state index contributed by atoms with van der Waals surface area (Å²) in [6, 6.07) is 5.74. The molecule has 1 aromatic rings. The van der Waals surface area contributed by atoms with E-state index < -0.39 is 0 Å². The molecule has 0 radical (unpaired) electrons. The minimum absolute atomic E-state index is 0.509. The van der Waals surface area contributed by atoms with Crippen LogP contribution in [-0.4, -0.2) is 30.8 Å². The lowest BCUT2D eigenvalue weighted by molar-refractivity contribution is 0.0778. The molecule has 3 saturated heterocycles. The third-order valence-electron chi connectivity index (χ3n) is 4.68. The van der Waals surface area contributed by atoms with Crippen molar-refractivity contribution in [3.8, 4) is 11.8 Å². The number of carbonyl (C=O) groups excluding carboxylic acids is 1. The van der Waals surface area contributed by atoms with Gasteiger partial charge in [0.2, 0.25) is 0 Å². The fourth-order valence-corrected chi connectivity index (χ4v) is 3.43. The first kappa shape index (κ1) is 14.1. The highest BCUT2D eigenvalue weighted by Gasteiger charge is 2.32. The number of piperidine rings is 3. The van der Waals surface area contributed by atoms with Crippen molar-refractivity contribution in [1.29, 1.82) is 0 Å².